The second kappa shape index (κ2) is 5.70. The van der Waals surface area contributed by atoms with Crippen LogP contribution in [0.1, 0.15) is 11.5 Å². The first-order valence-electron chi connectivity index (χ1n) is 7.78. The van der Waals surface area contributed by atoms with Gasteiger partial charge in [-0.05, 0) is 30.7 Å². The van der Waals surface area contributed by atoms with Crippen molar-refractivity contribution in [3.05, 3.63) is 70.2 Å². The quantitative estimate of drug-likeness (QED) is 0.576. The molecule has 0 saturated carbocycles. The first-order chi connectivity index (χ1) is 12.0. The van der Waals surface area contributed by atoms with Gasteiger partial charge in [-0.15, -0.1) is 0 Å². The molecule has 0 fully saturated rings. The Labute approximate surface area is 142 Å². The van der Waals surface area contributed by atoms with Gasteiger partial charge < -0.3 is 4.52 Å². The van der Waals surface area contributed by atoms with Crippen molar-refractivity contribution in [1.29, 1.82) is 0 Å². The number of imidazole rings is 1. The lowest BCUT2D eigenvalue weighted by molar-refractivity contribution is 0.371. The molecule has 0 aliphatic heterocycles. The van der Waals surface area contributed by atoms with Crippen molar-refractivity contribution in [3.8, 4) is 11.4 Å². The maximum atomic E-state index is 13.7. The van der Waals surface area contributed by atoms with E-state index in [1.165, 1.54) is 6.07 Å². The summed E-state index contributed by atoms with van der Waals surface area (Å²) >= 11 is 0. The van der Waals surface area contributed by atoms with Crippen molar-refractivity contribution in [2.24, 2.45) is 7.05 Å². The van der Waals surface area contributed by atoms with Gasteiger partial charge in [-0.1, -0.05) is 29.4 Å². The number of aryl methyl sites for hydroxylation is 2. The van der Waals surface area contributed by atoms with Gasteiger partial charge in [-0.3, -0.25) is 9.13 Å². The average Bonchev–Trinajstić information content (AvgIpc) is 3.17. The molecule has 0 radical (unpaired) electrons. The molecule has 4 aromatic rings. The van der Waals surface area contributed by atoms with Crippen LogP contribution in [-0.2, 0) is 13.6 Å². The van der Waals surface area contributed by atoms with Gasteiger partial charge in [0.15, 0.2) is 0 Å². The van der Waals surface area contributed by atoms with E-state index in [1.807, 2.05) is 24.3 Å². The first kappa shape index (κ1) is 15.3. The Morgan fingerprint density at radius 3 is 2.68 bits per heavy atom. The van der Waals surface area contributed by atoms with Crippen LogP contribution in [0, 0.1) is 12.7 Å². The number of nitrogens with zero attached hydrogens (tertiary/aromatic N) is 4. The highest BCUT2D eigenvalue weighted by Crippen LogP contribution is 2.20. The average molecular weight is 338 g/mol. The molecule has 6 nitrogen and oxygen atoms in total. The van der Waals surface area contributed by atoms with Crippen LogP contribution >= 0.6 is 0 Å². The van der Waals surface area contributed by atoms with E-state index in [0.29, 0.717) is 17.0 Å². The SMILES string of the molecule is Cc1ccc(-c2noc(Cn3c(=O)n(C)c4ccccc43)n2)cc1F. The summed E-state index contributed by atoms with van der Waals surface area (Å²) in [5, 5.41) is 3.89. The number of para-hydroxylation sites is 2. The summed E-state index contributed by atoms with van der Waals surface area (Å²) in [7, 11) is 1.72. The van der Waals surface area contributed by atoms with Gasteiger partial charge in [0.25, 0.3) is 0 Å². The Morgan fingerprint density at radius 2 is 1.92 bits per heavy atom. The normalized spacial score (nSPS) is 11.3. The minimum Gasteiger partial charge on any atom is -0.337 e. The predicted molar refractivity (Wildman–Crippen MR) is 90.7 cm³/mol. The molecule has 0 N–H and O–H groups in total. The van der Waals surface area contributed by atoms with Crippen LogP contribution in [0.3, 0.4) is 0 Å². The van der Waals surface area contributed by atoms with Crippen LogP contribution in [-0.4, -0.2) is 19.3 Å². The minimum atomic E-state index is -0.325. The van der Waals surface area contributed by atoms with Gasteiger partial charge in [0.05, 0.1) is 11.0 Å². The van der Waals surface area contributed by atoms with Crippen molar-refractivity contribution in [2.75, 3.05) is 0 Å². The smallest absolute Gasteiger partial charge is 0.329 e. The van der Waals surface area contributed by atoms with Crippen LogP contribution < -0.4 is 5.69 Å². The molecule has 126 valence electrons. The molecule has 0 bridgehead atoms. The van der Waals surface area contributed by atoms with Gasteiger partial charge >= 0.3 is 5.69 Å². The van der Waals surface area contributed by atoms with E-state index >= 15 is 0 Å². The summed E-state index contributed by atoms with van der Waals surface area (Å²) in [5.41, 5.74) is 2.53. The zero-order valence-electron chi connectivity index (χ0n) is 13.7. The first-order valence-corrected chi connectivity index (χ1v) is 7.78. The van der Waals surface area contributed by atoms with Gasteiger partial charge in [0.1, 0.15) is 12.4 Å². The molecule has 4 rings (SSSR count). The summed E-state index contributed by atoms with van der Waals surface area (Å²) in [6, 6.07) is 12.3. The number of halogens is 1. The highest BCUT2D eigenvalue weighted by molar-refractivity contribution is 5.75. The number of aromatic nitrogens is 4. The maximum Gasteiger partial charge on any atom is 0.329 e. The van der Waals surface area contributed by atoms with Crippen molar-refractivity contribution in [1.82, 2.24) is 19.3 Å². The summed E-state index contributed by atoms with van der Waals surface area (Å²) in [6.45, 7) is 1.84. The number of rotatable bonds is 3. The Kier molecular flexibility index (Phi) is 3.49. The maximum absolute atomic E-state index is 13.7. The van der Waals surface area contributed by atoms with E-state index in [4.69, 9.17) is 4.52 Å². The third-order valence-corrected chi connectivity index (χ3v) is 4.24. The zero-order valence-corrected chi connectivity index (χ0v) is 13.7. The topological polar surface area (TPSA) is 65.8 Å². The molecule has 0 atom stereocenters. The zero-order chi connectivity index (χ0) is 17.6. The van der Waals surface area contributed by atoms with Gasteiger partial charge in [0.2, 0.25) is 11.7 Å². The number of fused-ring (bicyclic) bond motifs is 1. The Balaban J connectivity index is 1.71. The van der Waals surface area contributed by atoms with E-state index in [0.717, 1.165) is 11.0 Å². The summed E-state index contributed by atoms with van der Waals surface area (Å²) in [6.07, 6.45) is 0. The van der Waals surface area contributed by atoms with Crippen molar-refractivity contribution >= 4 is 11.0 Å². The minimum absolute atomic E-state index is 0.154. The molecule has 0 unspecified atom stereocenters. The van der Waals surface area contributed by atoms with E-state index < -0.39 is 0 Å². The van der Waals surface area contributed by atoms with Crippen LogP contribution in [0.25, 0.3) is 22.4 Å². The molecule has 2 aromatic heterocycles. The fourth-order valence-corrected chi connectivity index (χ4v) is 2.82. The molecule has 2 heterocycles. The molecule has 0 aliphatic carbocycles. The molecule has 0 saturated heterocycles. The number of hydrogen-bond acceptors (Lipinski definition) is 4. The monoisotopic (exact) mass is 338 g/mol. The fourth-order valence-electron chi connectivity index (χ4n) is 2.82. The molecule has 0 amide bonds. The fraction of sp³-hybridized carbons (Fsp3) is 0.167. The van der Waals surface area contributed by atoms with E-state index in [1.54, 1.807) is 35.2 Å². The second-order valence-corrected chi connectivity index (χ2v) is 5.89. The molecule has 2 aromatic carbocycles. The van der Waals surface area contributed by atoms with Gasteiger partial charge in [-0.2, -0.15) is 4.98 Å². The summed E-state index contributed by atoms with van der Waals surface area (Å²) in [5.74, 6) is 0.255. The second-order valence-electron chi connectivity index (χ2n) is 5.89. The largest absolute Gasteiger partial charge is 0.337 e. The molecule has 0 spiro atoms. The highest BCUT2D eigenvalue weighted by atomic mass is 19.1. The molecular formula is C18H15FN4O2. The van der Waals surface area contributed by atoms with Crippen LogP contribution in [0.15, 0.2) is 51.8 Å². The third kappa shape index (κ3) is 2.53. The molecule has 25 heavy (non-hydrogen) atoms. The van der Waals surface area contributed by atoms with Crippen molar-refractivity contribution in [3.63, 3.8) is 0 Å². The lowest BCUT2D eigenvalue weighted by atomic mass is 10.1. The Hall–Kier alpha value is -3.22. The van der Waals surface area contributed by atoms with E-state index in [-0.39, 0.29) is 23.9 Å². The summed E-state index contributed by atoms with van der Waals surface area (Å²) < 4.78 is 22.1. The molecule has 7 heteroatoms. The molecule has 0 aliphatic rings. The standard InChI is InChI=1S/C18H15FN4O2/c1-11-7-8-12(9-13(11)19)17-20-16(25-21-17)10-23-15-6-4-3-5-14(15)22(2)18(23)24/h3-9H,10H2,1-2H3. The Bertz CT molecular complexity index is 1140. The highest BCUT2D eigenvalue weighted by Gasteiger charge is 2.15. The third-order valence-electron chi connectivity index (χ3n) is 4.24. The van der Waals surface area contributed by atoms with Crippen LogP contribution in [0.5, 0.6) is 0 Å². The van der Waals surface area contributed by atoms with Crippen LogP contribution in [0.4, 0.5) is 4.39 Å². The van der Waals surface area contributed by atoms with E-state index in [9.17, 15) is 9.18 Å². The van der Waals surface area contributed by atoms with Gasteiger partial charge in [0, 0.05) is 12.6 Å². The number of benzene rings is 2. The van der Waals surface area contributed by atoms with Gasteiger partial charge in [-0.25, -0.2) is 9.18 Å². The summed E-state index contributed by atoms with van der Waals surface area (Å²) in [4.78, 5) is 16.7. The molecular weight excluding hydrogens is 323 g/mol. The van der Waals surface area contributed by atoms with Crippen LogP contribution in [0.2, 0.25) is 0 Å². The lowest BCUT2D eigenvalue weighted by Crippen LogP contribution is -2.22. The number of hydrogen-bond donors (Lipinski definition) is 0. The van der Waals surface area contributed by atoms with E-state index in [2.05, 4.69) is 10.1 Å². The predicted octanol–water partition coefficient (Wildman–Crippen LogP) is 2.89. The van der Waals surface area contributed by atoms with Crippen molar-refractivity contribution in [2.45, 2.75) is 13.5 Å². The van der Waals surface area contributed by atoms with Crippen molar-refractivity contribution < 1.29 is 8.91 Å². The Morgan fingerprint density at radius 1 is 1.16 bits per heavy atom. The lowest BCUT2D eigenvalue weighted by Gasteiger charge is -1.98.